The summed E-state index contributed by atoms with van der Waals surface area (Å²) in [5.41, 5.74) is 16.7. The highest BCUT2D eigenvalue weighted by atomic mass is 15.1. The quantitative estimate of drug-likeness (QED) is 0.0776. The van der Waals surface area contributed by atoms with Crippen molar-refractivity contribution in [3.63, 3.8) is 0 Å². The maximum absolute atomic E-state index is 4.19. The minimum atomic E-state index is 1.01. The van der Waals surface area contributed by atoms with Crippen LogP contribution < -0.4 is 4.90 Å². The molecule has 0 aliphatic rings. The molecule has 11 rings (SSSR count). The summed E-state index contributed by atoms with van der Waals surface area (Å²) < 4.78 is 0. The van der Waals surface area contributed by atoms with Crippen molar-refractivity contribution < 1.29 is 0 Å². The summed E-state index contributed by atoms with van der Waals surface area (Å²) >= 11 is 0. The summed E-state index contributed by atoms with van der Waals surface area (Å²) in [6.45, 7) is 8.21. The molecule has 11 aromatic carbocycles. The molecule has 0 bridgehead atoms. The molecule has 346 valence electrons. The van der Waals surface area contributed by atoms with E-state index in [-0.39, 0.29) is 0 Å². The average molecular weight is 932 g/mol. The molecule has 0 amide bonds. The normalized spacial score (nSPS) is 12.3. The van der Waals surface area contributed by atoms with E-state index in [4.69, 9.17) is 0 Å². The Morgan fingerprint density at radius 3 is 1.03 bits per heavy atom. The summed E-state index contributed by atoms with van der Waals surface area (Å²) in [7, 11) is 0. The van der Waals surface area contributed by atoms with Crippen LogP contribution in [-0.2, 0) is 0 Å². The van der Waals surface area contributed by atoms with Crippen LogP contribution in [0.1, 0.15) is 44.5 Å². The first kappa shape index (κ1) is 45.9. The van der Waals surface area contributed by atoms with Gasteiger partial charge >= 0.3 is 0 Å². The highest BCUT2D eigenvalue weighted by Gasteiger charge is 2.15. The lowest BCUT2D eigenvalue weighted by atomic mass is 9.93. The fourth-order valence-corrected chi connectivity index (χ4v) is 9.81. The lowest BCUT2D eigenvalue weighted by Crippen LogP contribution is -2.09. The zero-order valence-electron chi connectivity index (χ0n) is 40.7. The Hall–Kier alpha value is -9.56. The van der Waals surface area contributed by atoms with E-state index in [2.05, 4.69) is 297 Å². The van der Waals surface area contributed by atoms with Gasteiger partial charge in [-0.05, 0) is 172 Å². The molecule has 0 aliphatic heterocycles. The molecule has 0 saturated carbocycles. The first-order valence-electron chi connectivity index (χ1n) is 24.9. The molecular weight excluding hydrogens is 879 g/mol. The molecule has 1 nitrogen and oxygen atoms in total. The molecule has 11 aromatic rings. The van der Waals surface area contributed by atoms with Crippen LogP contribution >= 0.6 is 0 Å². The predicted molar refractivity (Wildman–Crippen MR) is 316 cm³/mol. The summed E-state index contributed by atoms with van der Waals surface area (Å²) in [6.07, 6.45) is 12.6. The third-order valence-electron chi connectivity index (χ3n) is 13.6. The first-order chi connectivity index (χ1) is 36.1. The number of fused-ring (bicyclic) bond motifs is 3. The molecule has 0 N–H and O–H groups in total. The second-order valence-corrected chi connectivity index (χ2v) is 18.3. The van der Waals surface area contributed by atoms with Crippen molar-refractivity contribution in [1.82, 2.24) is 0 Å². The van der Waals surface area contributed by atoms with Gasteiger partial charge in [0.1, 0.15) is 0 Å². The summed E-state index contributed by atoms with van der Waals surface area (Å²) in [4.78, 5) is 2.34. The lowest BCUT2D eigenvalue weighted by molar-refractivity contribution is 1.28. The van der Waals surface area contributed by atoms with Crippen LogP contribution in [-0.4, -0.2) is 0 Å². The van der Waals surface area contributed by atoms with E-state index in [1.807, 2.05) is 18.2 Å². The average Bonchev–Trinajstić information content (AvgIpc) is 3.46. The Kier molecular flexibility index (Phi) is 13.3. The van der Waals surface area contributed by atoms with Crippen molar-refractivity contribution in [2.45, 2.75) is 0 Å². The van der Waals surface area contributed by atoms with Gasteiger partial charge in [-0.15, -0.1) is 0 Å². The van der Waals surface area contributed by atoms with Gasteiger partial charge in [-0.25, -0.2) is 0 Å². The smallest absolute Gasteiger partial charge is 0.0462 e. The van der Waals surface area contributed by atoms with Crippen molar-refractivity contribution >= 4 is 84.3 Å². The Bertz CT molecular complexity index is 3710. The molecule has 73 heavy (non-hydrogen) atoms. The molecule has 0 heterocycles. The van der Waals surface area contributed by atoms with E-state index in [1.54, 1.807) is 0 Å². The first-order valence-corrected chi connectivity index (χ1v) is 24.9. The Labute approximate surface area is 429 Å². The SMILES string of the molecule is C=C/C=C(C=C)/C(=C/c1ccc(N(c2ccc(/C=C(/c3ccccc3)c3ccc4ccccc4c3)cc2)c2ccc(/C=C(/c3ccccc3)c3ccc4ccccc4c3)cc2)cc1)c1ccc2ccccc2c1. The van der Waals surface area contributed by atoms with Gasteiger partial charge in [0.2, 0.25) is 0 Å². The molecule has 0 fully saturated rings. The van der Waals surface area contributed by atoms with Crippen molar-refractivity contribution in [1.29, 1.82) is 0 Å². The number of anilines is 3. The van der Waals surface area contributed by atoms with Crippen LogP contribution in [0, 0.1) is 0 Å². The highest BCUT2D eigenvalue weighted by Crippen LogP contribution is 2.38. The second-order valence-electron chi connectivity index (χ2n) is 18.3. The Morgan fingerprint density at radius 2 is 0.644 bits per heavy atom. The fraction of sp³-hybridized carbons (Fsp3) is 0. The van der Waals surface area contributed by atoms with Gasteiger partial charge in [0, 0.05) is 17.1 Å². The van der Waals surface area contributed by atoms with Gasteiger partial charge in [0.15, 0.2) is 0 Å². The fourth-order valence-electron chi connectivity index (χ4n) is 9.81. The van der Waals surface area contributed by atoms with E-state index in [9.17, 15) is 0 Å². The second kappa shape index (κ2) is 21.2. The van der Waals surface area contributed by atoms with Gasteiger partial charge in [-0.3, -0.25) is 0 Å². The molecule has 0 radical (unpaired) electrons. The standard InChI is InChI=1S/C72H53N/c1-3-17-55(4-2)70(64-37-34-56-18-11-14-25-61(56)49-64)46-52-28-40-67(41-29-52)73(68-42-30-53(31-43-68)47-71(59-21-7-5-8-22-59)65-38-35-57-19-12-15-26-62(57)50-65)69-44-32-54(33-45-69)48-72(60-23-9-6-10-24-60)66-39-36-58-20-13-16-27-63(58)51-66/h3-51H,1-2H2/b55-17+,70-46-,71-47-,72-48-. The Balaban J connectivity index is 0.992. The molecule has 0 aromatic heterocycles. The lowest BCUT2D eigenvalue weighted by Gasteiger charge is -2.26. The topological polar surface area (TPSA) is 3.24 Å². The van der Waals surface area contributed by atoms with Gasteiger partial charge < -0.3 is 4.90 Å². The third kappa shape index (κ3) is 10.2. The molecule has 0 atom stereocenters. The maximum Gasteiger partial charge on any atom is 0.0462 e. The van der Waals surface area contributed by atoms with Crippen molar-refractivity contribution in [2.24, 2.45) is 0 Å². The number of hydrogen-bond donors (Lipinski definition) is 0. The van der Waals surface area contributed by atoms with E-state index in [0.29, 0.717) is 0 Å². The minimum absolute atomic E-state index is 1.01. The van der Waals surface area contributed by atoms with Gasteiger partial charge in [0.25, 0.3) is 0 Å². The summed E-state index contributed by atoms with van der Waals surface area (Å²) in [5, 5.41) is 7.31. The summed E-state index contributed by atoms with van der Waals surface area (Å²) in [5.74, 6) is 0. The van der Waals surface area contributed by atoms with Crippen molar-refractivity contribution in [3.8, 4) is 0 Å². The number of benzene rings is 11. The number of hydrogen-bond acceptors (Lipinski definition) is 1. The van der Waals surface area contributed by atoms with Crippen LogP contribution in [0.2, 0.25) is 0 Å². The molecular formula is C72H53N. The third-order valence-corrected chi connectivity index (χ3v) is 13.6. The zero-order chi connectivity index (χ0) is 49.3. The Morgan fingerprint density at radius 1 is 0.301 bits per heavy atom. The molecule has 1 heteroatoms. The van der Waals surface area contributed by atoms with Crippen LogP contribution in [0.15, 0.2) is 298 Å². The number of nitrogens with zero attached hydrogens (tertiary/aromatic N) is 1. The van der Waals surface area contributed by atoms with E-state index in [0.717, 1.165) is 50.5 Å². The van der Waals surface area contributed by atoms with Crippen LogP contribution in [0.25, 0.3) is 67.3 Å². The molecule has 0 aliphatic carbocycles. The van der Waals surface area contributed by atoms with Gasteiger partial charge in [-0.2, -0.15) is 0 Å². The molecule has 0 unspecified atom stereocenters. The van der Waals surface area contributed by atoms with Crippen molar-refractivity contribution in [3.05, 3.63) is 342 Å². The minimum Gasteiger partial charge on any atom is -0.311 e. The highest BCUT2D eigenvalue weighted by molar-refractivity contribution is 5.99. The predicted octanol–water partition coefficient (Wildman–Crippen LogP) is 19.6. The van der Waals surface area contributed by atoms with Crippen LogP contribution in [0.4, 0.5) is 17.1 Å². The van der Waals surface area contributed by atoms with Gasteiger partial charge in [0.05, 0.1) is 0 Å². The maximum atomic E-state index is 4.19. The van der Waals surface area contributed by atoms with Gasteiger partial charge in [-0.1, -0.05) is 238 Å². The van der Waals surface area contributed by atoms with Crippen molar-refractivity contribution in [2.75, 3.05) is 4.90 Å². The number of rotatable bonds is 14. The van der Waals surface area contributed by atoms with E-state index in [1.165, 1.54) is 65.7 Å². The van der Waals surface area contributed by atoms with E-state index >= 15 is 0 Å². The number of allylic oxidation sites excluding steroid dienone is 5. The van der Waals surface area contributed by atoms with Crippen LogP contribution in [0.3, 0.4) is 0 Å². The molecule has 0 saturated heterocycles. The van der Waals surface area contributed by atoms with E-state index < -0.39 is 0 Å². The largest absolute Gasteiger partial charge is 0.311 e. The zero-order valence-corrected chi connectivity index (χ0v) is 40.7. The molecule has 0 spiro atoms. The monoisotopic (exact) mass is 931 g/mol. The van der Waals surface area contributed by atoms with Crippen LogP contribution in [0.5, 0.6) is 0 Å². The summed E-state index contributed by atoms with van der Waals surface area (Å²) in [6, 6.07) is 93.8.